The number of nitrogens with zero attached hydrogens (tertiary/aromatic N) is 1. The average molecular weight is 278 g/mol. The second-order valence-corrected chi connectivity index (χ2v) is 6.81. The number of rotatable bonds is 4. The monoisotopic (exact) mass is 278 g/mol. The molecule has 0 radical (unpaired) electrons. The summed E-state index contributed by atoms with van der Waals surface area (Å²) in [7, 11) is 0. The molecule has 3 heteroatoms. The molecule has 1 fully saturated rings. The van der Waals surface area contributed by atoms with Crippen LogP contribution in [0.15, 0.2) is 11.6 Å². The number of nitrogens with one attached hydrogen (secondary N) is 1. The summed E-state index contributed by atoms with van der Waals surface area (Å²) in [5.41, 5.74) is 1.51. The van der Waals surface area contributed by atoms with Crippen molar-refractivity contribution in [2.45, 2.75) is 58.9 Å². The molecule has 0 saturated carbocycles. The van der Waals surface area contributed by atoms with Gasteiger partial charge in [-0.3, -0.25) is 4.79 Å². The molecule has 1 saturated heterocycles. The third-order valence-electron chi connectivity index (χ3n) is 4.64. The number of carbonyl (C=O) groups is 1. The van der Waals surface area contributed by atoms with Gasteiger partial charge in [0.2, 0.25) is 5.91 Å². The van der Waals surface area contributed by atoms with Gasteiger partial charge in [-0.05, 0) is 64.3 Å². The van der Waals surface area contributed by atoms with Gasteiger partial charge in [-0.25, -0.2) is 0 Å². The summed E-state index contributed by atoms with van der Waals surface area (Å²) < 4.78 is 0. The number of hydrogen-bond donors (Lipinski definition) is 1. The summed E-state index contributed by atoms with van der Waals surface area (Å²) in [5.74, 6) is 1.66. The number of carbonyl (C=O) groups excluding carboxylic acids is 1. The number of hydrogen-bond acceptors (Lipinski definition) is 2. The zero-order chi connectivity index (χ0) is 14.5. The molecule has 20 heavy (non-hydrogen) atoms. The zero-order valence-electron chi connectivity index (χ0n) is 13.3. The van der Waals surface area contributed by atoms with Crippen molar-refractivity contribution in [2.24, 2.45) is 11.8 Å². The van der Waals surface area contributed by atoms with Crippen molar-refractivity contribution in [2.75, 3.05) is 19.6 Å². The molecule has 0 aromatic heterocycles. The van der Waals surface area contributed by atoms with Gasteiger partial charge in [0.15, 0.2) is 0 Å². The lowest BCUT2D eigenvalue weighted by Gasteiger charge is -2.31. The molecule has 1 aliphatic heterocycles. The molecule has 3 nitrogen and oxygen atoms in total. The minimum absolute atomic E-state index is 0.0328. The van der Waals surface area contributed by atoms with E-state index in [1.165, 1.54) is 37.7 Å². The van der Waals surface area contributed by atoms with Crippen molar-refractivity contribution >= 4 is 5.91 Å². The summed E-state index contributed by atoms with van der Waals surface area (Å²) >= 11 is 0. The van der Waals surface area contributed by atoms with Crippen molar-refractivity contribution in [3.8, 4) is 0 Å². The van der Waals surface area contributed by atoms with E-state index in [9.17, 15) is 4.79 Å². The molecule has 2 rings (SSSR count). The van der Waals surface area contributed by atoms with Crippen LogP contribution in [0.1, 0.15) is 52.9 Å². The number of allylic oxidation sites excluding steroid dienone is 2. The Kier molecular flexibility index (Phi) is 5.64. The molecule has 0 spiro atoms. The fraction of sp³-hybridized carbons (Fsp3) is 0.824. The molecule has 0 bridgehead atoms. The van der Waals surface area contributed by atoms with E-state index in [1.807, 2.05) is 11.8 Å². The Bertz CT molecular complexity index is 358. The Morgan fingerprint density at radius 3 is 2.75 bits per heavy atom. The molecule has 1 N–H and O–H groups in total. The van der Waals surface area contributed by atoms with E-state index in [2.05, 4.69) is 25.2 Å². The van der Waals surface area contributed by atoms with Crippen LogP contribution in [0.25, 0.3) is 0 Å². The Morgan fingerprint density at radius 2 is 2.10 bits per heavy atom. The minimum atomic E-state index is -0.0328. The van der Waals surface area contributed by atoms with Crippen molar-refractivity contribution in [1.29, 1.82) is 0 Å². The highest BCUT2D eigenvalue weighted by atomic mass is 16.2. The highest BCUT2D eigenvalue weighted by Crippen LogP contribution is 2.27. The first-order chi connectivity index (χ1) is 9.56. The van der Waals surface area contributed by atoms with Gasteiger partial charge in [0, 0.05) is 13.1 Å². The van der Waals surface area contributed by atoms with Gasteiger partial charge in [0.05, 0.1) is 6.04 Å². The summed E-state index contributed by atoms with van der Waals surface area (Å²) in [4.78, 5) is 14.4. The Labute approximate surface area is 123 Å². The molecule has 1 heterocycles. The van der Waals surface area contributed by atoms with E-state index >= 15 is 0 Å². The second-order valence-electron chi connectivity index (χ2n) is 6.81. The topological polar surface area (TPSA) is 32.3 Å². The van der Waals surface area contributed by atoms with Crippen LogP contribution < -0.4 is 5.32 Å². The molecule has 1 amide bonds. The van der Waals surface area contributed by atoms with Crippen molar-refractivity contribution in [3.05, 3.63) is 11.6 Å². The van der Waals surface area contributed by atoms with Gasteiger partial charge in [0.25, 0.3) is 0 Å². The van der Waals surface area contributed by atoms with Gasteiger partial charge in [-0.2, -0.15) is 0 Å². The first-order valence-corrected chi connectivity index (χ1v) is 8.25. The fourth-order valence-electron chi connectivity index (χ4n) is 3.66. The smallest absolute Gasteiger partial charge is 0.239 e. The minimum Gasteiger partial charge on any atom is -0.341 e. The average Bonchev–Trinajstić information content (AvgIpc) is 2.44. The SMILES string of the molecule is CC1=CC(C)CC(CNC(C)C(=O)N2CCCCC2)C1. The van der Waals surface area contributed by atoms with E-state index in [0.717, 1.165) is 19.6 Å². The molecule has 0 aromatic rings. The second kappa shape index (κ2) is 7.26. The van der Waals surface area contributed by atoms with E-state index < -0.39 is 0 Å². The van der Waals surface area contributed by atoms with Crippen LogP contribution >= 0.6 is 0 Å². The summed E-state index contributed by atoms with van der Waals surface area (Å²) in [6.45, 7) is 9.41. The standard InChI is InChI=1S/C17H30N2O/c1-13-9-14(2)11-16(10-13)12-18-15(3)17(20)19-7-5-4-6-8-19/h9,13,15-16,18H,4-8,10-12H2,1-3H3. The summed E-state index contributed by atoms with van der Waals surface area (Å²) in [6, 6.07) is -0.0328. The fourth-order valence-corrected chi connectivity index (χ4v) is 3.66. The molecular weight excluding hydrogens is 248 g/mol. The number of amides is 1. The van der Waals surface area contributed by atoms with Crippen LogP contribution in [0.2, 0.25) is 0 Å². The largest absolute Gasteiger partial charge is 0.341 e. The Balaban J connectivity index is 1.75. The zero-order valence-corrected chi connectivity index (χ0v) is 13.3. The van der Waals surface area contributed by atoms with Gasteiger partial charge in [0.1, 0.15) is 0 Å². The number of piperidine rings is 1. The molecule has 3 atom stereocenters. The molecule has 0 aromatic carbocycles. The highest BCUT2D eigenvalue weighted by Gasteiger charge is 2.24. The van der Waals surface area contributed by atoms with E-state index in [-0.39, 0.29) is 6.04 Å². The quantitative estimate of drug-likeness (QED) is 0.802. The van der Waals surface area contributed by atoms with Gasteiger partial charge >= 0.3 is 0 Å². The Morgan fingerprint density at radius 1 is 1.40 bits per heavy atom. The van der Waals surface area contributed by atoms with E-state index in [0.29, 0.717) is 17.7 Å². The van der Waals surface area contributed by atoms with Crippen molar-refractivity contribution in [1.82, 2.24) is 10.2 Å². The maximum atomic E-state index is 12.4. The van der Waals surface area contributed by atoms with Crippen LogP contribution in [-0.4, -0.2) is 36.5 Å². The lowest BCUT2D eigenvalue weighted by Crippen LogP contribution is -2.48. The first-order valence-electron chi connectivity index (χ1n) is 8.25. The normalized spacial score (nSPS) is 28.9. The molecule has 114 valence electrons. The maximum absolute atomic E-state index is 12.4. The van der Waals surface area contributed by atoms with Crippen LogP contribution in [0.3, 0.4) is 0 Å². The summed E-state index contributed by atoms with van der Waals surface area (Å²) in [6.07, 6.45) is 8.43. The van der Waals surface area contributed by atoms with Gasteiger partial charge in [-0.15, -0.1) is 0 Å². The van der Waals surface area contributed by atoms with Crippen molar-refractivity contribution in [3.63, 3.8) is 0 Å². The third kappa shape index (κ3) is 4.34. The molecule has 3 unspecified atom stereocenters. The predicted octanol–water partition coefficient (Wildman–Crippen LogP) is 2.97. The van der Waals surface area contributed by atoms with Crippen LogP contribution in [0, 0.1) is 11.8 Å². The van der Waals surface area contributed by atoms with Gasteiger partial charge in [-0.1, -0.05) is 18.6 Å². The van der Waals surface area contributed by atoms with E-state index in [4.69, 9.17) is 0 Å². The van der Waals surface area contributed by atoms with Crippen LogP contribution in [-0.2, 0) is 4.79 Å². The lowest BCUT2D eigenvalue weighted by atomic mass is 9.83. The van der Waals surface area contributed by atoms with Crippen molar-refractivity contribution < 1.29 is 4.79 Å². The third-order valence-corrected chi connectivity index (χ3v) is 4.64. The molecular formula is C17H30N2O. The lowest BCUT2D eigenvalue weighted by molar-refractivity contribution is -0.133. The first kappa shape index (κ1) is 15.6. The van der Waals surface area contributed by atoms with Crippen LogP contribution in [0.4, 0.5) is 0 Å². The predicted molar refractivity (Wildman–Crippen MR) is 83.5 cm³/mol. The van der Waals surface area contributed by atoms with E-state index in [1.54, 1.807) is 0 Å². The Hall–Kier alpha value is -0.830. The molecule has 2 aliphatic rings. The summed E-state index contributed by atoms with van der Waals surface area (Å²) in [5, 5.41) is 3.47. The maximum Gasteiger partial charge on any atom is 0.239 e. The van der Waals surface area contributed by atoms with Crippen LogP contribution in [0.5, 0.6) is 0 Å². The highest BCUT2D eigenvalue weighted by molar-refractivity contribution is 5.81. The number of likely N-dealkylation sites (tertiary alicyclic amines) is 1. The molecule has 1 aliphatic carbocycles. The van der Waals surface area contributed by atoms with Gasteiger partial charge < -0.3 is 10.2 Å².